The van der Waals surface area contributed by atoms with E-state index in [-0.39, 0.29) is 10.5 Å². The molecule has 0 fully saturated rings. The summed E-state index contributed by atoms with van der Waals surface area (Å²) < 4.78 is 25.4. The minimum Gasteiger partial charge on any atom is -0.478 e. The summed E-state index contributed by atoms with van der Waals surface area (Å²) in [5.74, 6) is -1.16. The SMILES string of the molecule is Cc1ccccc1S(=O)(=O)n1ccc(C(=O)O)c1. The van der Waals surface area contributed by atoms with Crippen molar-refractivity contribution in [1.82, 2.24) is 3.97 Å². The van der Waals surface area contributed by atoms with E-state index in [9.17, 15) is 13.2 Å². The molecule has 0 unspecified atom stereocenters. The maximum Gasteiger partial charge on any atom is 0.337 e. The van der Waals surface area contributed by atoms with Gasteiger partial charge in [0, 0.05) is 12.4 Å². The number of aromatic nitrogens is 1. The highest BCUT2D eigenvalue weighted by Gasteiger charge is 2.19. The van der Waals surface area contributed by atoms with Gasteiger partial charge in [-0.1, -0.05) is 18.2 Å². The quantitative estimate of drug-likeness (QED) is 0.917. The molecule has 18 heavy (non-hydrogen) atoms. The standard InChI is InChI=1S/C12H11NO4S/c1-9-4-2-3-5-11(9)18(16,17)13-7-6-10(8-13)12(14)15/h2-8H,1H3,(H,14,15). The van der Waals surface area contributed by atoms with E-state index in [2.05, 4.69) is 0 Å². The summed E-state index contributed by atoms with van der Waals surface area (Å²) in [6.07, 6.45) is 2.31. The lowest BCUT2D eigenvalue weighted by molar-refractivity contribution is 0.0697. The number of rotatable bonds is 3. The minimum atomic E-state index is -3.73. The van der Waals surface area contributed by atoms with Crippen LogP contribution in [-0.4, -0.2) is 23.5 Å². The summed E-state index contributed by atoms with van der Waals surface area (Å²) in [7, 11) is -3.73. The lowest BCUT2D eigenvalue weighted by Gasteiger charge is -2.07. The average molecular weight is 265 g/mol. The number of carboxylic acids is 1. The molecule has 0 bridgehead atoms. The van der Waals surface area contributed by atoms with Crippen LogP contribution in [0.4, 0.5) is 0 Å². The summed E-state index contributed by atoms with van der Waals surface area (Å²) >= 11 is 0. The third-order valence-electron chi connectivity index (χ3n) is 2.56. The van der Waals surface area contributed by atoms with Crippen LogP contribution in [-0.2, 0) is 10.0 Å². The van der Waals surface area contributed by atoms with Gasteiger partial charge in [0.25, 0.3) is 10.0 Å². The third-order valence-corrected chi connectivity index (χ3v) is 4.36. The van der Waals surface area contributed by atoms with Gasteiger partial charge in [0.2, 0.25) is 0 Å². The zero-order valence-corrected chi connectivity index (χ0v) is 10.4. The highest BCUT2D eigenvalue weighted by Crippen LogP contribution is 2.18. The van der Waals surface area contributed by atoms with Crippen LogP contribution in [0, 0.1) is 6.92 Å². The molecular formula is C12H11NO4S. The number of aromatic carboxylic acids is 1. The Balaban J connectivity index is 2.55. The van der Waals surface area contributed by atoms with Crippen molar-refractivity contribution in [2.75, 3.05) is 0 Å². The molecular weight excluding hydrogens is 254 g/mol. The van der Waals surface area contributed by atoms with Crippen molar-refractivity contribution >= 4 is 16.0 Å². The molecule has 0 aliphatic carbocycles. The molecule has 5 nitrogen and oxygen atoms in total. The molecule has 0 spiro atoms. The molecule has 0 aliphatic rings. The van der Waals surface area contributed by atoms with E-state index >= 15 is 0 Å². The first-order chi connectivity index (χ1) is 8.43. The number of hydrogen-bond donors (Lipinski definition) is 1. The number of carboxylic acid groups (broad SMARTS) is 1. The largest absolute Gasteiger partial charge is 0.478 e. The second kappa shape index (κ2) is 4.30. The van der Waals surface area contributed by atoms with Crippen LogP contribution in [0.1, 0.15) is 15.9 Å². The summed E-state index contributed by atoms with van der Waals surface area (Å²) in [5, 5.41) is 8.78. The van der Waals surface area contributed by atoms with Gasteiger partial charge in [0.1, 0.15) is 0 Å². The molecule has 2 aromatic rings. The lowest BCUT2D eigenvalue weighted by atomic mass is 10.2. The summed E-state index contributed by atoms with van der Waals surface area (Å²) in [6, 6.07) is 7.80. The highest BCUT2D eigenvalue weighted by molar-refractivity contribution is 7.90. The summed E-state index contributed by atoms with van der Waals surface area (Å²) in [5.41, 5.74) is 0.551. The van der Waals surface area contributed by atoms with Crippen molar-refractivity contribution in [1.29, 1.82) is 0 Å². The second-order valence-corrected chi connectivity index (χ2v) is 5.62. The molecule has 1 N–H and O–H groups in total. The first kappa shape index (κ1) is 12.4. The van der Waals surface area contributed by atoms with E-state index in [4.69, 9.17) is 5.11 Å². The zero-order valence-electron chi connectivity index (χ0n) is 9.57. The van der Waals surface area contributed by atoms with E-state index in [1.165, 1.54) is 18.3 Å². The number of nitrogens with zero attached hydrogens (tertiary/aromatic N) is 1. The van der Waals surface area contributed by atoms with Gasteiger partial charge >= 0.3 is 5.97 Å². The van der Waals surface area contributed by atoms with Crippen molar-refractivity contribution < 1.29 is 18.3 Å². The molecule has 2 rings (SSSR count). The molecule has 0 aliphatic heterocycles. The molecule has 1 aromatic carbocycles. The Morgan fingerprint density at radius 2 is 1.89 bits per heavy atom. The molecule has 1 aromatic heterocycles. The molecule has 0 atom stereocenters. The smallest absolute Gasteiger partial charge is 0.337 e. The van der Waals surface area contributed by atoms with Crippen LogP contribution < -0.4 is 0 Å². The van der Waals surface area contributed by atoms with Crippen LogP contribution in [0.3, 0.4) is 0 Å². The molecule has 0 amide bonds. The van der Waals surface area contributed by atoms with Gasteiger partial charge in [0.15, 0.2) is 0 Å². The second-order valence-electron chi connectivity index (χ2n) is 3.81. The normalized spacial score (nSPS) is 11.4. The van der Waals surface area contributed by atoms with Crippen molar-refractivity contribution in [3.63, 3.8) is 0 Å². The van der Waals surface area contributed by atoms with Crippen LogP contribution in [0.2, 0.25) is 0 Å². The van der Waals surface area contributed by atoms with Crippen molar-refractivity contribution in [2.45, 2.75) is 11.8 Å². The van der Waals surface area contributed by atoms with E-state index in [0.717, 1.165) is 10.2 Å². The lowest BCUT2D eigenvalue weighted by Crippen LogP contribution is -2.12. The Labute approximate surface area is 104 Å². The number of hydrogen-bond acceptors (Lipinski definition) is 3. The van der Waals surface area contributed by atoms with E-state index < -0.39 is 16.0 Å². The predicted molar refractivity (Wildman–Crippen MR) is 65.2 cm³/mol. The molecule has 1 heterocycles. The molecule has 94 valence electrons. The Morgan fingerprint density at radius 1 is 1.22 bits per heavy atom. The van der Waals surface area contributed by atoms with Crippen LogP contribution in [0.5, 0.6) is 0 Å². The van der Waals surface area contributed by atoms with Crippen LogP contribution >= 0.6 is 0 Å². The zero-order chi connectivity index (χ0) is 13.3. The third kappa shape index (κ3) is 2.02. The van der Waals surface area contributed by atoms with Gasteiger partial charge in [-0.05, 0) is 24.6 Å². The molecule has 6 heteroatoms. The topological polar surface area (TPSA) is 76.4 Å². The number of carbonyl (C=O) groups is 1. The molecule has 0 saturated carbocycles. The Hall–Kier alpha value is -2.08. The fourth-order valence-electron chi connectivity index (χ4n) is 1.61. The monoisotopic (exact) mass is 265 g/mol. The van der Waals surface area contributed by atoms with Crippen molar-refractivity contribution in [3.05, 3.63) is 53.9 Å². The summed E-state index contributed by atoms with van der Waals surface area (Å²) in [4.78, 5) is 10.9. The van der Waals surface area contributed by atoms with Crippen LogP contribution in [0.15, 0.2) is 47.6 Å². The summed E-state index contributed by atoms with van der Waals surface area (Å²) in [6.45, 7) is 1.69. The first-order valence-corrected chi connectivity index (χ1v) is 6.59. The Morgan fingerprint density at radius 3 is 2.44 bits per heavy atom. The van der Waals surface area contributed by atoms with Gasteiger partial charge in [-0.3, -0.25) is 0 Å². The Bertz CT molecular complexity index is 700. The fraction of sp³-hybridized carbons (Fsp3) is 0.0833. The maximum atomic E-state index is 12.3. The fourth-order valence-corrected chi connectivity index (χ4v) is 3.04. The van der Waals surface area contributed by atoms with Gasteiger partial charge in [-0.15, -0.1) is 0 Å². The van der Waals surface area contributed by atoms with Gasteiger partial charge < -0.3 is 5.11 Å². The minimum absolute atomic E-state index is 0.0628. The van der Waals surface area contributed by atoms with Gasteiger partial charge in [0.05, 0.1) is 10.5 Å². The first-order valence-electron chi connectivity index (χ1n) is 5.15. The number of aryl methyl sites for hydroxylation is 1. The molecule has 0 saturated heterocycles. The van der Waals surface area contributed by atoms with E-state index in [1.54, 1.807) is 25.1 Å². The maximum absolute atomic E-state index is 12.3. The van der Waals surface area contributed by atoms with Crippen LogP contribution in [0.25, 0.3) is 0 Å². The molecule has 0 radical (unpaired) electrons. The number of benzene rings is 1. The van der Waals surface area contributed by atoms with E-state index in [0.29, 0.717) is 5.56 Å². The van der Waals surface area contributed by atoms with E-state index in [1.807, 2.05) is 0 Å². The Kier molecular flexibility index (Phi) is 2.96. The van der Waals surface area contributed by atoms with Crippen molar-refractivity contribution in [2.24, 2.45) is 0 Å². The predicted octanol–water partition coefficient (Wildman–Crippen LogP) is 1.73. The average Bonchev–Trinajstić information content (AvgIpc) is 2.79. The van der Waals surface area contributed by atoms with Crippen molar-refractivity contribution in [3.8, 4) is 0 Å². The highest BCUT2D eigenvalue weighted by atomic mass is 32.2. The van der Waals surface area contributed by atoms with Gasteiger partial charge in [-0.2, -0.15) is 0 Å². The van der Waals surface area contributed by atoms with Gasteiger partial charge in [-0.25, -0.2) is 17.2 Å².